The van der Waals surface area contributed by atoms with Crippen molar-refractivity contribution >= 4 is 29.5 Å². The molecule has 0 radical (unpaired) electrons. The highest BCUT2D eigenvalue weighted by atomic mass is 32.2. The first-order valence-electron chi connectivity index (χ1n) is 6.27. The lowest BCUT2D eigenvalue weighted by atomic mass is 10.4. The third kappa shape index (κ3) is 4.45. The first-order valence-corrected chi connectivity index (χ1v) is 7.26. The fourth-order valence-electron chi connectivity index (χ4n) is 1.74. The molecule has 9 nitrogen and oxygen atoms in total. The lowest BCUT2D eigenvalue weighted by Gasteiger charge is -2.18. The van der Waals surface area contributed by atoms with E-state index in [-0.39, 0.29) is 5.75 Å². The number of nitrogens with zero attached hydrogens (tertiary/aromatic N) is 4. The van der Waals surface area contributed by atoms with Crippen LogP contribution in [-0.2, 0) is 14.4 Å². The van der Waals surface area contributed by atoms with Gasteiger partial charge in [-0.2, -0.15) is 0 Å². The second-order valence-electron chi connectivity index (χ2n) is 4.65. The predicted octanol–water partition coefficient (Wildman–Crippen LogP) is -0.896. The number of hydrogen-bond donors (Lipinski definition) is 2. The number of carbonyl (C=O) groups is 3. The van der Waals surface area contributed by atoms with Crippen LogP contribution >= 0.6 is 11.8 Å². The summed E-state index contributed by atoms with van der Waals surface area (Å²) in [7, 11) is 0. The van der Waals surface area contributed by atoms with Crippen molar-refractivity contribution in [1.82, 2.24) is 19.7 Å². The van der Waals surface area contributed by atoms with Gasteiger partial charge in [0.15, 0.2) is 5.16 Å². The van der Waals surface area contributed by atoms with Gasteiger partial charge in [0.2, 0.25) is 11.8 Å². The van der Waals surface area contributed by atoms with Gasteiger partial charge in [-0.25, -0.2) is 0 Å². The predicted molar refractivity (Wildman–Crippen MR) is 72.4 cm³/mol. The first-order chi connectivity index (χ1) is 9.97. The van der Waals surface area contributed by atoms with Crippen molar-refractivity contribution < 1.29 is 19.5 Å². The van der Waals surface area contributed by atoms with Gasteiger partial charge < -0.3 is 20.3 Å². The van der Waals surface area contributed by atoms with Crippen molar-refractivity contribution in [3.05, 3.63) is 6.33 Å². The molecule has 0 aromatic carbocycles. The summed E-state index contributed by atoms with van der Waals surface area (Å²) in [6, 6.07) is 0.387. The summed E-state index contributed by atoms with van der Waals surface area (Å²) in [5.41, 5.74) is 5.01. The van der Waals surface area contributed by atoms with Crippen LogP contribution in [0.4, 0.5) is 0 Å². The van der Waals surface area contributed by atoms with E-state index in [2.05, 4.69) is 10.2 Å². The van der Waals surface area contributed by atoms with Crippen LogP contribution in [0.15, 0.2) is 11.5 Å². The molecule has 2 rings (SSSR count). The summed E-state index contributed by atoms with van der Waals surface area (Å²) < 4.78 is 1.90. The molecule has 0 saturated heterocycles. The highest BCUT2D eigenvalue weighted by Crippen LogP contribution is 2.37. The molecule has 1 aliphatic carbocycles. The molecule has 3 N–H and O–H groups in total. The average Bonchev–Trinajstić information content (AvgIpc) is 3.13. The zero-order valence-electron chi connectivity index (χ0n) is 11.1. The normalized spacial score (nSPS) is 13.9. The maximum absolute atomic E-state index is 12.0. The second-order valence-corrected chi connectivity index (χ2v) is 5.59. The van der Waals surface area contributed by atoms with Crippen LogP contribution in [0.25, 0.3) is 0 Å². The molecular weight excluding hydrogens is 298 g/mol. The van der Waals surface area contributed by atoms with Gasteiger partial charge in [-0.15, -0.1) is 10.2 Å². The van der Waals surface area contributed by atoms with E-state index in [1.807, 2.05) is 4.57 Å². The van der Waals surface area contributed by atoms with Gasteiger partial charge in [-0.05, 0) is 12.8 Å². The fraction of sp³-hybridized carbons (Fsp3) is 0.545. The standard InChI is InChI=1S/C11H15N5O4S/c12-8(17)3-15(4-10(19)20)9(18)5-21-11-14-13-6-16(11)7-1-2-7/h6-7H,1-5H2,(H2,12,17)(H,19,20). The Labute approximate surface area is 124 Å². The van der Waals surface area contributed by atoms with Gasteiger partial charge >= 0.3 is 5.97 Å². The minimum absolute atomic E-state index is 0.0219. The first kappa shape index (κ1) is 15.3. The van der Waals surface area contributed by atoms with Crippen molar-refractivity contribution in [3.8, 4) is 0 Å². The number of aromatic nitrogens is 3. The molecule has 1 aromatic heterocycles. The summed E-state index contributed by atoms with van der Waals surface area (Å²) in [6.45, 7) is -0.974. The Hall–Kier alpha value is -2.10. The molecule has 1 aliphatic rings. The number of carboxylic acids is 1. The Kier molecular flexibility index (Phi) is 4.78. The number of primary amides is 1. The quantitative estimate of drug-likeness (QED) is 0.595. The van der Waals surface area contributed by atoms with Crippen LogP contribution in [0.1, 0.15) is 18.9 Å². The zero-order valence-corrected chi connectivity index (χ0v) is 12.0. The monoisotopic (exact) mass is 313 g/mol. The largest absolute Gasteiger partial charge is 0.480 e. The molecule has 1 heterocycles. The Balaban J connectivity index is 1.92. The highest BCUT2D eigenvalue weighted by molar-refractivity contribution is 7.99. The molecule has 114 valence electrons. The number of carbonyl (C=O) groups excluding carboxylic acids is 2. The summed E-state index contributed by atoms with van der Waals surface area (Å²) in [5, 5.41) is 17.1. The van der Waals surface area contributed by atoms with Crippen LogP contribution in [-0.4, -0.2) is 61.4 Å². The molecule has 1 aromatic rings. The lowest BCUT2D eigenvalue weighted by molar-refractivity contribution is -0.144. The smallest absolute Gasteiger partial charge is 0.323 e. The summed E-state index contributed by atoms with van der Waals surface area (Å²) in [5.74, 6) is -2.45. The topological polar surface area (TPSA) is 131 Å². The average molecular weight is 313 g/mol. The number of aliphatic carboxylic acids is 1. The summed E-state index contributed by atoms with van der Waals surface area (Å²) >= 11 is 1.17. The third-order valence-electron chi connectivity index (χ3n) is 2.83. The Morgan fingerprint density at radius 1 is 1.43 bits per heavy atom. The number of carboxylic acid groups (broad SMARTS) is 1. The summed E-state index contributed by atoms with van der Waals surface area (Å²) in [6.07, 6.45) is 3.74. The number of nitrogens with two attached hydrogens (primary N) is 1. The van der Waals surface area contributed by atoms with Crippen molar-refractivity contribution in [1.29, 1.82) is 0 Å². The Morgan fingerprint density at radius 3 is 2.71 bits per heavy atom. The minimum Gasteiger partial charge on any atom is -0.480 e. The maximum Gasteiger partial charge on any atom is 0.323 e. The van der Waals surface area contributed by atoms with Crippen molar-refractivity contribution in [2.24, 2.45) is 5.73 Å². The molecule has 0 bridgehead atoms. The van der Waals surface area contributed by atoms with Gasteiger partial charge in [0.1, 0.15) is 12.9 Å². The van der Waals surface area contributed by atoms with Gasteiger partial charge in [-0.1, -0.05) is 11.8 Å². The SMILES string of the molecule is NC(=O)CN(CC(=O)O)C(=O)CSc1nncn1C1CC1. The van der Waals surface area contributed by atoms with Crippen LogP contribution in [0.2, 0.25) is 0 Å². The summed E-state index contributed by atoms with van der Waals surface area (Å²) in [4.78, 5) is 34.5. The zero-order chi connectivity index (χ0) is 15.4. The lowest BCUT2D eigenvalue weighted by Crippen LogP contribution is -2.42. The van der Waals surface area contributed by atoms with Crippen molar-refractivity contribution in [2.75, 3.05) is 18.8 Å². The van der Waals surface area contributed by atoms with E-state index in [1.54, 1.807) is 6.33 Å². The molecule has 0 spiro atoms. The molecule has 0 atom stereocenters. The van der Waals surface area contributed by atoms with Crippen LogP contribution in [0, 0.1) is 0 Å². The molecular formula is C11H15N5O4S. The second kappa shape index (κ2) is 6.57. The maximum atomic E-state index is 12.0. The number of thioether (sulfide) groups is 1. The number of amides is 2. The molecule has 10 heteroatoms. The molecule has 0 aliphatic heterocycles. The van der Waals surface area contributed by atoms with Crippen LogP contribution in [0.3, 0.4) is 0 Å². The molecule has 1 saturated carbocycles. The molecule has 2 amide bonds. The van der Waals surface area contributed by atoms with E-state index in [9.17, 15) is 14.4 Å². The highest BCUT2D eigenvalue weighted by Gasteiger charge is 2.27. The van der Waals surface area contributed by atoms with E-state index in [4.69, 9.17) is 10.8 Å². The third-order valence-corrected chi connectivity index (χ3v) is 3.77. The Bertz CT molecular complexity index is 541. The van der Waals surface area contributed by atoms with Gasteiger partial charge in [-0.3, -0.25) is 14.4 Å². The van der Waals surface area contributed by atoms with E-state index in [0.717, 1.165) is 17.7 Å². The fourth-order valence-corrected chi connectivity index (χ4v) is 2.62. The van der Waals surface area contributed by atoms with Crippen molar-refractivity contribution in [3.63, 3.8) is 0 Å². The molecule has 1 fully saturated rings. The Morgan fingerprint density at radius 2 is 2.14 bits per heavy atom. The van der Waals surface area contributed by atoms with Gasteiger partial charge in [0, 0.05) is 6.04 Å². The van der Waals surface area contributed by atoms with E-state index in [1.165, 1.54) is 11.8 Å². The van der Waals surface area contributed by atoms with E-state index < -0.39 is 30.9 Å². The molecule has 21 heavy (non-hydrogen) atoms. The van der Waals surface area contributed by atoms with Crippen molar-refractivity contribution in [2.45, 2.75) is 24.0 Å². The van der Waals surface area contributed by atoms with Crippen LogP contribution < -0.4 is 5.73 Å². The van der Waals surface area contributed by atoms with Crippen LogP contribution in [0.5, 0.6) is 0 Å². The van der Waals surface area contributed by atoms with E-state index in [0.29, 0.717) is 11.2 Å². The van der Waals surface area contributed by atoms with Gasteiger partial charge in [0.05, 0.1) is 12.3 Å². The van der Waals surface area contributed by atoms with E-state index >= 15 is 0 Å². The number of hydrogen-bond acceptors (Lipinski definition) is 6. The van der Waals surface area contributed by atoms with Gasteiger partial charge in [0.25, 0.3) is 0 Å². The molecule has 0 unspecified atom stereocenters. The minimum atomic E-state index is -1.20. The number of rotatable bonds is 8.